The van der Waals surface area contributed by atoms with Crippen LogP contribution in [0.2, 0.25) is 0 Å². The minimum absolute atomic E-state index is 0.239. The van der Waals surface area contributed by atoms with E-state index in [2.05, 4.69) is 25.3 Å². The van der Waals surface area contributed by atoms with Crippen molar-refractivity contribution < 1.29 is 18.7 Å². The van der Waals surface area contributed by atoms with Gasteiger partial charge in [0.25, 0.3) is 5.91 Å². The summed E-state index contributed by atoms with van der Waals surface area (Å²) in [5, 5.41) is 5.84. The highest BCUT2D eigenvalue weighted by molar-refractivity contribution is 5.93. The van der Waals surface area contributed by atoms with E-state index in [1.54, 1.807) is 55.7 Å². The Balaban J connectivity index is 1.71. The zero-order valence-corrected chi connectivity index (χ0v) is 14.9. The first-order valence-corrected chi connectivity index (χ1v) is 8.17. The van der Waals surface area contributed by atoms with Gasteiger partial charge >= 0.3 is 5.97 Å². The Hall–Kier alpha value is -3.68. The zero-order valence-electron chi connectivity index (χ0n) is 14.9. The van der Waals surface area contributed by atoms with Gasteiger partial charge in [0.15, 0.2) is 0 Å². The Bertz CT molecular complexity index is 937. The first-order chi connectivity index (χ1) is 13.0. The standard InChI is InChI=1S/C19H18N4O4/c1-12-21-16(18(24)20-11-15-4-3-9-27-15)10-17(22-12)23-14-7-5-13(6-8-14)19(25)26-2/h3-10H,11H2,1-2H3,(H,20,24)(H,21,22,23). The highest BCUT2D eigenvalue weighted by Gasteiger charge is 2.11. The van der Waals surface area contributed by atoms with E-state index in [4.69, 9.17) is 4.42 Å². The molecule has 0 saturated carbocycles. The number of amides is 1. The fourth-order valence-corrected chi connectivity index (χ4v) is 2.37. The number of anilines is 2. The van der Waals surface area contributed by atoms with Crippen LogP contribution in [0.25, 0.3) is 0 Å². The lowest BCUT2D eigenvalue weighted by Crippen LogP contribution is -2.24. The number of carbonyl (C=O) groups excluding carboxylic acids is 2. The highest BCUT2D eigenvalue weighted by Crippen LogP contribution is 2.17. The number of carbonyl (C=O) groups is 2. The van der Waals surface area contributed by atoms with Gasteiger partial charge in [-0.2, -0.15) is 0 Å². The number of methoxy groups -OCH3 is 1. The molecule has 0 unspecified atom stereocenters. The summed E-state index contributed by atoms with van der Waals surface area (Å²) in [6.45, 7) is 1.97. The number of aryl methyl sites for hydroxylation is 1. The number of hydrogen-bond donors (Lipinski definition) is 2. The van der Waals surface area contributed by atoms with Crippen molar-refractivity contribution in [1.29, 1.82) is 0 Å². The SMILES string of the molecule is COC(=O)c1ccc(Nc2cc(C(=O)NCc3ccco3)nc(C)n2)cc1. The van der Waals surface area contributed by atoms with Crippen LogP contribution in [-0.2, 0) is 11.3 Å². The Labute approximate surface area is 155 Å². The van der Waals surface area contributed by atoms with E-state index < -0.39 is 5.97 Å². The van der Waals surface area contributed by atoms with E-state index in [0.29, 0.717) is 28.7 Å². The molecule has 1 aromatic carbocycles. The van der Waals surface area contributed by atoms with Gasteiger partial charge in [-0.15, -0.1) is 0 Å². The van der Waals surface area contributed by atoms with Crippen LogP contribution in [0.3, 0.4) is 0 Å². The Morgan fingerprint density at radius 1 is 1.15 bits per heavy atom. The fraction of sp³-hybridized carbons (Fsp3) is 0.158. The van der Waals surface area contributed by atoms with Crippen molar-refractivity contribution in [3.63, 3.8) is 0 Å². The van der Waals surface area contributed by atoms with Crippen molar-refractivity contribution in [2.75, 3.05) is 12.4 Å². The lowest BCUT2D eigenvalue weighted by atomic mass is 10.2. The molecule has 0 aliphatic rings. The van der Waals surface area contributed by atoms with Crippen LogP contribution < -0.4 is 10.6 Å². The predicted molar refractivity (Wildman–Crippen MR) is 97.7 cm³/mol. The van der Waals surface area contributed by atoms with Gasteiger partial charge in [0.05, 0.1) is 25.5 Å². The third kappa shape index (κ3) is 4.69. The van der Waals surface area contributed by atoms with Crippen LogP contribution in [0.4, 0.5) is 11.5 Å². The van der Waals surface area contributed by atoms with Gasteiger partial charge in [0, 0.05) is 11.8 Å². The summed E-state index contributed by atoms with van der Waals surface area (Å²) in [6.07, 6.45) is 1.55. The summed E-state index contributed by atoms with van der Waals surface area (Å²) >= 11 is 0. The molecule has 27 heavy (non-hydrogen) atoms. The highest BCUT2D eigenvalue weighted by atomic mass is 16.5. The molecule has 0 atom stereocenters. The van der Waals surface area contributed by atoms with Crippen molar-refractivity contribution >= 4 is 23.4 Å². The van der Waals surface area contributed by atoms with E-state index in [1.165, 1.54) is 7.11 Å². The van der Waals surface area contributed by atoms with Gasteiger partial charge in [-0.25, -0.2) is 14.8 Å². The molecule has 0 aliphatic carbocycles. The first kappa shape index (κ1) is 18.1. The number of aromatic nitrogens is 2. The molecule has 0 bridgehead atoms. The van der Waals surface area contributed by atoms with E-state index in [9.17, 15) is 9.59 Å². The van der Waals surface area contributed by atoms with Crippen molar-refractivity contribution in [2.24, 2.45) is 0 Å². The van der Waals surface area contributed by atoms with Gasteiger partial charge in [-0.05, 0) is 43.3 Å². The molecule has 8 heteroatoms. The van der Waals surface area contributed by atoms with E-state index in [1.807, 2.05) is 0 Å². The lowest BCUT2D eigenvalue weighted by molar-refractivity contribution is 0.0600. The van der Waals surface area contributed by atoms with Gasteiger partial charge in [-0.1, -0.05) is 0 Å². The molecule has 3 aromatic rings. The molecule has 0 aliphatic heterocycles. The van der Waals surface area contributed by atoms with E-state index in [-0.39, 0.29) is 18.1 Å². The number of rotatable bonds is 6. The van der Waals surface area contributed by atoms with Crippen molar-refractivity contribution in [2.45, 2.75) is 13.5 Å². The lowest BCUT2D eigenvalue weighted by Gasteiger charge is -2.09. The molecule has 0 fully saturated rings. The normalized spacial score (nSPS) is 10.3. The number of ether oxygens (including phenoxy) is 1. The maximum atomic E-state index is 12.3. The van der Waals surface area contributed by atoms with Crippen molar-refractivity contribution in [3.05, 3.63) is 71.6 Å². The third-order valence-electron chi connectivity index (χ3n) is 3.65. The average molecular weight is 366 g/mol. The molecule has 0 spiro atoms. The van der Waals surface area contributed by atoms with E-state index >= 15 is 0 Å². The van der Waals surface area contributed by atoms with Crippen LogP contribution in [-0.4, -0.2) is 29.0 Å². The summed E-state index contributed by atoms with van der Waals surface area (Å²) in [7, 11) is 1.33. The molecule has 2 N–H and O–H groups in total. The van der Waals surface area contributed by atoms with Gasteiger partial charge < -0.3 is 19.8 Å². The van der Waals surface area contributed by atoms with Gasteiger partial charge in [0.1, 0.15) is 23.1 Å². The molecule has 1 amide bonds. The van der Waals surface area contributed by atoms with Crippen molar-refractivity contribution in [3.8, 4) is 0 Å². The van der Waals surface area contributed by atoms with Gasteiger partial charge in [-0.3, -0.25) is 4.79 Å². The quantitative estimate of drug-likeness (QED) is 0.646. The second-order valence-electron chi connectivity index (χ2n) is 5.64. The second kappa shape index (κ2) is 8.13. The predicted octanol–water partition coefficient (Wildman–Crippen LogP) is 2.84. The average Bonchev–Trinajstić information content (AvgIpc) is 3.19. The Morgan fingerprint density at radius 3 is 2.59 bits per heavy atom. The second-order valence-corrected chi connectivity index (χ2v) is 5.64. The summed E-state index contributed by atoms with van der Waals surface area (Å²) < 4.78 is 9.86. The monoisotopic (exact) mass is 366 g/mol. The summed E-state index contributed by atoms with van der Waals surface area (Å²) in [5.41, 5.74) is 1.39. The molecule has 2 aromatic heterocycles. The largest absolute Gasteiger partial charge is 0.467 e. The molecule has 2 heterocycles. The van der Waals surface area contributed by atoms with Crippen LogP contribution in [0.15, 0.2) is 53.1 Å². The summed E-state index contributed by atoms with van der Waals surface area (Å²) in [6, 6.07) is 11.8. The number of nitrogens with one attached hydrogen (secondary N) is 2. The number of hydrogen-bond acceptors (Lipinski definition) is 7. The van der Waals surface area contributed by atoms with E-state index in [0.717, 1.165) is 0 Å². The van der Waals surface area contributed by atoms with Gasteiger partial charge in [0.2, 0.25) is 0 Å². The third-order valence-corrected chi connectivity index (χ3v) is 3.65. The summed E-state index contributed by atoms with van der Waals surface area (Å²) in [5.74, 6) is 0.833. The molecule has 0 saturated heterocycles. The molecule has 8 nitrogen and oxygen atoms in total. The number of nitrogens with zero attached hydrogens (tertiary/aromatic N) is 2. The molecular formula is C19H18N4O4. The topological polar surface area (TPSA) is 106 Å². The number of furan rings is 1. The molecule has 3 rings (SSSR count). The maximum Gasteiger partial charge on any atom is 0.337 e. The Morgan fingerprint density at radius 2 is 1.93 bits per heavy atom. The number of esters is 1. The number of benzene rings is 1. The zero-order chi connectivity index (χ0) is 19.2. The minimum Gasteiger partial charge on any atom is -0.467 e. The molecule has 0 radical (unpaired) electrons. The molecule has 138 valence electrons. The maximum absolute atomic E-state index is 12.3. The van der Waals surface area contributed by atoms with Crippen LogP contribution in [0.1, 0.15) is 32.4 Å². The molecular weight excluding hydrogens is 348 g/mol. The fourth-order valence-electron chi connectivity index (χ4n) is 2.37. The van der Waals surface area contributed by atoms with Crippen LogP contribution in [0.5, 0.6) is 0 Å². The van der Waals surface area contributed by atoms with Crippen LogP contribution in [0, 0.1) is 6.92 Å². The van der Waals surface area contributed by atoms with Crippen LogP contribution >= 0.6 is 0 Å². The summed E-state index contributed by atoms with van der Waals surface area (Å²) in [4.78, 5) is 32.3. The first-order valence-electron chi connectivity index (χ1n) is 8.17. The van der Waals surface area contributed by atoms with Crippen molar-refractivity contribution in [1.82, 2.24) is 15.3 Å². The Kier molecular flexibility index (Phi) is 5.46. The smallest absolute Gasteiger partial charge is 0.337 e. The minimum atomic E-state index is -0.407.